The van der Waals surface area contributed by atoms with Crippen LogP contribution in [0.4, 0.5) is 0 Å². The van der Waals surface area contributed by atoms with Crippen LogP contribution in [-0.2, 0) is 5.41 Å². The Morgan fingerprint density at radius 3 is 2.40 bits per heavy atom. The number of aromatic nitrogens is 1. The van der Waals surface area contributed by atoms with Crippen LogP contribution >= 0.6 is 27.3 Å². The molecule has 1 aromatic carbocycles. The molecule has 0 fully saturated rings. The highest BCUT2D eigenvalue weighted by Gasteiger charge is 2.22. The summed E-state index contributed by atoms with van der Waals surface area (Å²) in [6.45, 7) is 9.66. The lowest BCUT2D eigenvalue weighted by molar-refractivity contribution is 0.562. The molecule has 0 saturated heterocycles. The van der Waals surface area contributed by atoms with E-state index in [1.54, 1.807) is 11.3 Å². The van der Waals surface area contributed by atoms with Gasteiger partial charge in [-0.15, -0.1) is 11.3 Å². The predicted molar refractivity (Wildman–Crippen MR) is 90.5 cm³/mol. The Hall–Kier alpha value is -0.710. The van der Waals surface area contributed by atoms with Gasteiger partial charge in [0.05, 0.1) is 11.7 Å². The molecular weight excluding hydrogens is 332 g/mol. The van der Waals surface area contributed by atoms with E-state index in [2.05, 4.69) is 78.6 Å². The Balaban J connectivity index is 2.33. The quantitative estimate of drug-likeness (QED) is 0.845. The van der Waals surface area contributed by atoms with Crippen LogP contribution < -0.4 is 5.32 Å². The summed E-state index contributed by atoms with van der Waals surface area (Å²) in [5.74, 6) is 0. The van der Waals surface area contributed by atoms with Gasteiger partial charge in [0.1, 0.15) is 5.01 Å². The van der Waals surface area contributed by atoms with Crippen LogP contribution in [0.25, 0.3) is 0 Å². The van der Waals surface area contributed by atoms with Crippen LogP contribution in [0, 0.1) is 0 Å². The summed E-state index contributed by atoms with van der Waals surface area (Å²) in [6, 6.07) is 8.63. The van der Waals surface area contributed by atoms with Crippen LogP contribution in [0.2, 0.25) is 0 Å². The number of thiazole rings is 1. The minimum absolute atomic E-state index is 0.102. The molecular formula is C16H21BrN2S. The van der Waals surface area contributed by atoms with Gasteiger partial charge >= 0.3 is 0 Å². The Bertz CT molecular complexity index is 555. The monoisotopic (exact) mass is 352 g/mol. The highest BCUT2D eigenvalue weighted by atomic mass is 79.9. The number of nitrogens with zero attached hydrogens (tertiary/aromatic N) is 1. The summed E-state index contributed by atoms with van der Waals surface area (Å²) in [6.07, 6.45) is 0. The maximum absolute atomic E-state index is 4.84. The van der Waals surface area contributed by atoms with E-state index >= 15 is 0 Å². The second kappa shape index (κ2) is 6.37. The van der Waals surface area contributed by atoms with Crippen molar-refractivity contribution in [3.8, 4) is 0 Å². The van der Waals surface area contributed by atoms with Gasteiger partial charge in [-0.05, 0) is 24.2 Å². The molecule has 4 heteroatoms. The summed E-state index contributed by atoms with van der Waals surface area (Å²) in [7, 11) is 0. The molecule has 0 aliphatic rings. The van der Waals surface area contributed by atoms with E-state index in [1.807, 2.05) is 0 Å². The standard InChI is InChI=1S/C16H21BrN2S/c1-5-18-14(11-6-8-12(17)9-7-11)15-19-13(10-20-15)16(2,3)4/h6-10,14,18H,5H2,1-4H3. The summed E-state index contributed by atoms with van der Waals surface area (Å²) in [5.41, 5.74) is 2.52. The minimum atomic E-state index is 0.102. The number of hydrogen-bond acceptors (Lipinski definition) is 3. The lowest BCUT2D eigenvalue weighted by Gasteiger charge is -2.17. The van der Waals surface area contributed by atoms with Crippen molar-refractivity contribution in [2.45, 2.75) is 39.2 Å². The fraction of sp³-hybridized carbons (Fsp3) is 0.438. The molecule has 1 heterocycles. The SMILES string of the molecule is CCNC(c1ccc(Br)cc1)c1nc(C(C)(C)C)cs1. The molecule has 2 aromatic rings. The Kier molecular flexibility index (Phi) is 4.99. The highest BCUT2D eigenvalue weighted by Crippen LogP contribution is 2.30. The number of halogens is 1. The molecule has 20 heavy (non-hydrogen) atoms. The summed E-state index contributed by atoms with van der Waals surface area (Å²) >= 11 is 5.22. The molecule has 0 saturated carbocycles. The second-order valence-corrected chi connectivity index (χ2v) is 7.67. The topological polar surface area (TPSA) is 24.9 Å². The van der Waals surface area contributed by atoms with Gasteiger partial charge < -0.3 is 5.32 Å². The summed E-state index contributed by atoms with van der Waals surface area (Å²) < 4.78 is 1.10. The van der Waals surface area contributed by atoms with Gasteiger partial charge in [-0.25, -0.2) is 4.98 Å². The third-order valence-electron chi connectivity index (χ3n) is 3.15. The number of benzene rings is 1. The highest BCUT2D eigenvalue weighted by molar-refractivity contribution is 9.10. The summed E-state index contributed by atoms with van der Waals surface area (Å²) in [5, 5.41) is 6.85. The molecule has 2 rings (SSSR count). The van der Waals surface area contributed by atoms with Gasteiger partial charge in [-0.1, -0.05) is 55.8 Å². The van der Waals surface area contributed by atoms with E-state index in [1.165, 1.54) is 5.56 Å². The Morgan fingerprint density at radius 1 is 1.25 bits per heavy atom. The van der Waals surface area contributed by atoms with Gasteiger partial charge in [-0.3, -0.25) is 0 Å². The van der Waals surface area contributed by atoms with Crippen molar-refractivity contribution in [1.29, 1.82) is 0 Å². The molecule has 0 amide bonds. The largest absolute Gasteiger partial charge is 0.305 e. The van der Waals surface area contributed by atoms with E-state index in [0.717, 1.165) is 21.7 Å². The van der Waals surface area contributed by atoms with Gasteiger partial charge in [-0.2, -0.15) is 0 Å². The van der Waals surface area contributed by atoms with E-state index in [0.29, 0.717) is 0 Å². The molecule has 0 aliphatic carbocycles. The van der Waals surface area contributed by atoms with Crippen LogP contribution in [0.5, 0.6) is 0 Å². The first kappa shape index (κ1) is 15.7. The van der Waals surface area contributed by atoms with E-state index in [9.17, 15) is 0 Å². The molecule has 1 N–H and O–H groups in total. The van der Waals surface area contributed by atoms with Crippen molar-refractivity contribution in [3.63, 3.8) is 0 Å². The molecule has 1 aromatic heterocycles. The summed E-state index contributed by atoms with van der Waals surface area (Å²) in [4.78, 5) is 4.84. The third kappa shape index (κ3) is 3.68. The molecule has 2 nitrogen and oxygen atoms in total. The van der Waals surface area contributed by atoms with Crippen molar-refractivity contribution in [3.05, 3.63) is 50.4 Å². The zero-order valence-corrected chi connectivity index (χ0v) is 14.8. The van der Waals surface area contributed by atoms with E-state index in [4.69, 9.17) is 4.98 Å². The first-order chi connectivity index (χ1) is 9.41. The third-order valence-corrected chi connectivity index (χ3v) is 4.59. The lowest BCUT2D eigenvalue weighted by atomic mass is 9.93. The van der Waals surface area contributed by atoms with E-state index in [-0.39, 0.29) is 11.5 Å². The lowest BCUT2D eigenvalue weighted by Crippen LogP contribution is -2.22. The molecule has 0 radical (unpaired) electrons. The normalized spacial score (nSPS) is 13.4. The van der Waals surface area contributed by atoms with Crippen molar-refractivity contribution in [1.82, 2.24) is 10.3 Å². The first-order valence-electron chi connectivity index (χ1n) is 6.86. The minimum Gasteiger partial charge on any atom is -0.305 e. The van der Waals surface area contributed by atoms with E-state index < -0.39 is 0 Å². The molecule has 1 unspecified atom stereocenters. The molecule has 108 valence electrons. The Labute approximate surface area is 133 Å². The number of nitrogens with one attached hydrogen (secondary N) is 1. The van der Waals surface area contributed by atoms with Crippen LogP contribution in [0.15, 0.2) is 34.1 Å². The zero-order valence-electron chi connectivity index (χ0n) is 12.4. The van der Waals surface area contributed by atoms with Gasteiger partial charge in [0.2, 0.25) is 0 Å². The molecule has 0 spiro atoms. The molecule has 0 aliphatic heterocycles. The van der Waals surface area contributed by atoms with Crippen LogP contribution in [0.1, 0.15) is 50.0 Å². The van der Waals surface area contributed by atoms with Gasteiger partial charge in [0.15, 0.2) is 0 Å². The van der Waals surface area contributed by atoms with Crippen LogP contribution in [-0.4, -0.2) is 11.5 Å². The molecule has 1 atom stereocenters. The average molecular weight is 353 g/mol. The fourth-order valence-electron chi connectivity index (χ4n) is 1.97. The zero-order chi connectivity index (χ0) is 14.8. The maximum atomic E-state index is 4.84. The number of hydrogen-bond donors (Lipinski definition) is 1. The smallest absolute Gasteiger partial charge is 0.114 e. The number of rotatable bonds is 4. The first-order valence-corrected chi connectivity index (χ1v) is 8.54. The second-order valence-electron chi connectivity index (χ2n) is 5.86. The van der Waals surface area contributed by atoms with Crippen molar-refractivity contribution < 1.29 is 0 Å². The Morgan fingerprint density at radius 2 is 1.90 bits per heavy atom. The molecule has 0 bridgehead atoms. The van der Waals surface area contributed by atoms with Crippen molar-refractivity contribution in [2.24, 2.45) is 0 Å². The maximum Gasteiger partial charge on any atom is 0.114 e. The van der Waals surface area contributed by atoms with Crippen LogP contribution in [0.3, 0.4) is 0 Å². The van der Waals surface area contributed by atoms with Gasteiger partial charge in [0.25, 0.3) is 0 Å². The average Bonchev–Trinajstić information content (AvgIpc) is 2.86. The van der Waals surface area contributed by atoms with Gasteiger partial charge in [0, 0.05) is 15.3 Å². The van der Waals surface area contributed by atoms with Crippen molar-refractivity contribution in [2.75, 3.05) is 6.54 Å². The fourth-order valence-corrected chi connectivity index (χ4v) is 3.38. The van der Waals surface area contributed by atoms with Crippen molar-refractivity contribution >= 4 is 27.3 Å². The predicted octanol–water partition coefficient (Wildman–Crippen LogP) is 4.90.